The molecule has 0 aliphatic carbocycles. The van der Waals surface area contributed by atoms with Crippen molar-refractivity contribution >= 4 is 29.4 Å². The Labute approximate surface area is 264 Å². The summed E-state index contributed by atoms with van der Waals surface area (Å²) in [4.78, 5) is 42.3. The maximum Gasteiger partial charge on any atom is 0.412 e. The fourth-order valence-corrected chi connectivity index (χ4v) is 4.34. The lowest BCUT2D eigenvalue weighted by Crippen LogP contribution is -2.42. The van der Waals surface area contributed by atoms with Crippen molar-refractivity contribution in [3.8, 4) is 0 Å². The summed E-state index contributed by atoms with van der Waals surface area (Å²) in [5.41, 5.74) is 2.51. The lowest BCUT2D eigenvalue weighted by atomic mass is 10.1. The summed E-state index contributed by atoms with van der Waals surface area (Å²) in [5.74, 6) is -0.0955. The molecule has 4 amide bonds. The van der Waals surface area contributed by atoms with Gasteiger partial charge in [0.2, 0.25) is 12.2 Å². The van der Waals surface area contributed by atoms with Gasteiger partial charge < -0.3 is 29.3 Å². The van der Waals surface area contributed by atoms with Gasteiger partial charge >= 0.3 is 12.1 Å². The molecule has 3 aromatic carbocycles. The fourth-order valence-electron chi connectivity index (χ4n) is 4.34. The summed E-state index contributed by atoms with van der Waals surface area (Å²) >= 11 is 0. The number of urea groups is 1. The molecule has 11 heteroatoms. The topological polar surface area (TPSA) is 121 Å². The minimum absolute atomic E-state index is 0.254. The molecule has 0 spiro atoms. The van der Waals surface area contributed by atoms with Gasteiger partial charge in [-0.3, -0.25) is 15.4 Å². The van der Waals surface area contributed by atoms with Gasteiger partial charge in [-0.15, -0.1) is 0 Å². The van der Waals surface area contributed by atoms with Gasteiger partial charge in [-0.2, -0.15) is 0 Å². The third-order valence-corrected chi connectivity index (χ3v) is 6.57. The minimum Gasteiger partial charge on any atom is -0.457 e. The monoisotopic (exact) mass is 615 g/mol. The normalized spacial score (nSPS) is 14.1. The number of nitrogens with one attached hydrogen (secondary N) is 3. The molecule has 0 bridgehead atoms. The maximum absolute atomic E-state index is 13.3. The van der Waals surface area contributed by atoms with Crippen LogP contribution in [0.2, 0.25) is 0 Å². The number of rotatable bonds is 11. The number of hydrogen-bond donors (Lipinski definition) is 3. The number of anilines is 2. The van der Waals surface area contributed by atoms with Crippen molar-refractivity contribution in [2.45, 2.75) is 45.6 Å². The second-order valence-electron chi connectivity index (χ2n) is 11.8. The zero-order valence-corrected chi connectivity index (χ0v) is 26.3. The van der Waals surface area contributed by atoms with Crippen LogP contribution in [0.5, 0.6) is 0 Å². The van der Waals surface area contributed by atoms with Gasteiger partial charge in [0.05, 0.1) is 11.4 Å². The van der Waals surface area contributed by atoms with Crippen LogP contribution < -0.4 is 16.0 Å². The highest BCUT2D eigenvalue weighted by Gasteiger charge is 2.24. The summed E-state index contributed by atoms with van der Waals surface area (Å²) in [7, 11) is 3.88. The van der Waals surface area contributed by atoms with E-state index in [1.165, 1.54) is 6.26 Å². The van der Waals surface area contributed by atoms with E-state index in [9.17, 15) is 14.4 Å². The Bertz CT molecular complexity index is 1480. The van der Waals surface area contributed by atoms with Gasteiger partial charge in [-0.25, -0.2) is 9.59 Å². The van der Waals surface area contributed by atoms with Gasteiger partial charge in [-0.1, -0.05) is 54.6 Å². The summed E-state index contributed by atoms with van der Waals surface area (Å²) in [6.07, 6.45) is 0.834. The van der Waals surface area contributed by atoms with E-state index in [4.69, 9.17) is 14.2 Å². The van der Waals surface area contributed by atoms with Crippen LogP contribution in [0.25, 0.3) is 0 Å². The first-order valence-electron chi connectivity index (χ1n) is 14.7. The summed E-state index contributed by atoms with van der Waals surface area (Å²) in [5, 5.41) is 8.33. The first-order valence-corrected chi connectivity index (χ1v) is 14.7. The molecule has 0 radical (unpaired) electrons. The van der Waals surface area contributed by atoms with Crippen molar-refractivity contribution in [3.63, 3.8) is 0 Å². The Morgan fingerprint density at radius 2 is 1.44 bits per heavy atom. The number of para-hydroxylation sites is 2. The van der Waals surface area contributed by atoms with E-state index in [1.54, 1.807) is 74.2 Å². The summed E-state index contributed by atoms with van der Waals surface area (Å²) in [6, 6.07) is 23.4. The number of nitrogens with zero attached hydrogens (tertiary/aromatic N) is 2. The molecule has 0 aromatic heterocycles. The molecule has 1 atom stereocenters. The second kappa shape index (κ2) is 15.1. The molecule has 3 N–H and O–H groups in total. The molecule has 0 saturated heterocycles. The van der Waals surface area contributed by atoms with Crippen molar-refractivity contribution in [2.75, 3.05) is 37.8 Å². The lowest BCUT2D eigenvalue weighted by Gasteiger charge is -2.25. The van der Waals surface area contributed by atoms with Crippen LogP contribution in [0.15, 0.2) is 91.0 Å². The molecule has 238 valence electrons. The average Bonchev–Trinajstić information content (AvgIpc) is 3.42. The fraction of sp³-hybridized carbons (Fsp3) is 0.324. The van der Waals surface area contributed by atoms with Crippen LogP contribution in [0, 0.1) is 0 Å². The molecule has 11 nitrogen and oxygen atoms in total. The molecule has 0 saturated carbocycles. The number of benzene rings is 3. The van der Waals surface area contributed by atoms with E-state index in [0.29, 0.717) is 43.0 Å². The van der Waals surface area contributed by atoms with E-state index in [0.717, 1.165) is 11.1 Å². The van der Waals surface area contributed by atoms with Crippen LogP contribution in [-0.2, 0) is 27.2 Å². The first kappa shape index (κ1) is 32.9. The highest BCUT2D eigenvalue weighted by Crippen LogP contribution is 2.23. The molecule has 1 heterocycles. The van der Waals surface area contributed by atoms with Crippen molar-refractivity contribution in [1.29, 1.82) is 0 Å². The van der Waals surface area contributed by atoms with E-state index >= 15 is 0 Å². The zero-order valence-electron chi connectivity index (χ0n) is 26.3. The minimum atomic E-state index is -0.658. The Balaban J connectivity index is 1.35. The zero-order chi connectivity index (χ0) is 32.4. The number of hydrogen-bond acceptors (Lipinski definition) is 7. The molecule has 1 unspecified atom stereocenters. The maximum atomic E-state index is 13.3. The van der Waals surface area contributed by atoms with Crippen LogP contribution in [0.1, 0.15) is 42.3 Å². The SMILES string of the molecule is CN(C)CCN(Cc1ccc(C(=O)Nc2ccccc2NC(=O)OC(C)(C)C)cc1)C(=O)NC1=COC(Cc2ccccc2)O1. The Morgan fingerprint density at radius 3 is 2.09 bits per heavy atom. The molecule has 1 aliphatic rings. The van der Waals surface area contributed by atoms with E-state index < -0.39 is 18.0 Å². The van der Waals surface area contributed by atoms with Crippen LogP contribution in [-0.4, -0.2) is 66.9 Å². The predicted octanol–water partition coefficient (Wildman–Crippen LogP) is 5.77. The van der Waals surface area contributed by atoms with Crippen LogP contribution >= 0.6 is 0 Å². The Morgan fingerprint density at radius 1 is 0.800 bits per heavy atom. The lowest BCUT2D eigenvalue weighted by molar-refractivity contribution is -0.0330. The van der Waals surface area contributed by atoms with Gasteiger partial charge in [0.1, 0.15) is 11.9 Å². The predicted molar refractivity (Wildman–Crippen MR) is 172 cm³/mol. The molecule has 1 aliphatic heterocycles. The van der Waals surface area contributed by atoms with Gasteiger partial charge in [0.15, 0.2) is 0 Å². The number of carbonyl (C=O) groups excluding carboxylic acids is 3. The van der Waals surface area contributed by atoms with Crippen molar-refractivity contribution < 1.29 is 28.6 Å². The molecular formula is C34H41N5O6. The van der Waals surface area contributed by atoms with Crippen molar-refractivity contribution in [2.24, 2.45) is 0 Å². The van der Waals surface area contributed by atoms with Gasteiger partial charge in [-0.05, 0) is 70.3 Å². The quantitative estimate of drug-likeness (QED) is 0.250. The van der Waals surface area contributed by atoms with Gasteiger partial charge in [0.25, 0.3) is 5.91 Å². The molecule has 0 fully saturated rings. The number of likely N-dealkylation sites (N-methyl/N-ethyl adjacent to an activating group) is 1. The largest absolute Gasteiger partial charge is 0.457 e. The second-order valence-corrected chi connectivity index (χ2v) is 11.8. The van der Waals surface area contributed by atoms with E-state index in [2.05, 4.69) is 16.0 Å². The first-order chi connectivity index (χ1) is 21.4. The average molecular weight is 616 g/mol. The third kappa shape index (κ3) is 10.6. The van der Waals surface area contributed by atoms with Crippen molar-refractivity contribution in [1.82, 2.24) is 15.1 Å². The van der Waals surface area contributed by atoms with E-state index in [1.807, 2.05) is 49.3 Å². The van der Waals surface area contributed by atoms with Crippen molar-refractivity contribution in [3.05, 3.63) is 108 Å². The number of carbonyl (C=O) groups is 3. The van der Waals surface area contributed by atoms with E-state index in [-0.39, 0.29) is 17.8 Å². The third-order valence-electron chi connectivity index (χ3n) is 6.57. The molecular weight excluding hydrogens is 574 g/mol. The van der Waals surface area contributed by atoms with Gasteiger partial charge in [0, 0.05) is 31.6 Å². The highest BCUT2D eigenvalue weighted by atomic mass is 16.7. The Hall–Kier alpha value is -5.03. The summed E-state index contributed by atoms with van der Waals surface area (Å²) in [6.45, 7) is 6.75. The standard InChI is InChI=1S/C34H41N5O6/c1-34(2,3)45-33(42)36-28-14-10-9-13-27(28)35-31(40)26-17-15-25(16-18-26)22-39(20-19-38(4)5)32(41)37-29-23-43-30(44-29)21-24-11-7-6-8-12-24/h6-18,23,30H,19-22H2,1-5H3,(H,35,40)(H,36,42)(H,37,41). The van der Waals surface area contributed by atoms with Crippen LogP contribution in [0.4, 0.5) is 21.0 Å². The Kier molecular flexibility index (Phi) is 11.0. The van der Waals surface area contributed by atoms with Crippen LogP contribution in [0.3, 0.4) is 0 Å². The molecule has 3 aromatic rings. The summed E-state index contributed by atoms with van der Waals surface area (Å²) < 4.78 is 16.7. The highest BCUT2D eigenvalue weighted by molar-refractivity contribution is 6.06. The smallest absolute Gasteiger partial charge is 0.412 e. The number of amides is 4. The number of ether oxygens (including phenoxy) is 3. The molecule has 4 rings (SSSR count). The molecule has 45 heavy (non-hydrogen) atoms.